The molecule has 15 rings (SSSR count). The highest BCUT2D eigenvalue weighted by Gasteiger charge is 2.21. The van der Waals surface area contributed by atoms with E-state index in [-0.39, 0.29) is 0 Å². The van der Waals surface area contributed by atoms with Gasteiger partial charge in [-0.2, -0.15) is 0 Å². The Morgan fingerprint density at radius 3 is 1.31 bits per heavy atom. The van der Waals surface area contributed by atoms with Gasteiger partial charge >= 0.3 is 0 Å². The molecule has 0 unspecified atom stereocenters. The van der Waals surface area contributed by atoms with Crippen LogP contribution in [0.15, 0.2) is 243 Å². The lowest BCUT2D eigenvalue weighted by Gasteiger charge is -2.15. The van der Waals surface area contributed by atoms with Crippen LogP contribution >= 0.6 is 22.7 Å². The maximum atomic E-state index is 2.52. The molecule has 0 saturated carbocycles. The molecule has 0 radical (unpaired) electrons. The number of hydrogen-bond donors (Lipinski definition) is 0. The van der Waals surface area contributed by atoms with E-state index in [0.717, 1.165) is 5.69 Å². The minimum atomic E-state index is 1.15. The van der Waals surface area contributed by atoms with Crippen LogP contribution in [0.3, 0.4) is 0 Å². The lowest BCUT2D eigenvalue weighted by Crippen LogP contribution is -1.96. The van der Waals surface area contributed by atoms with Gasteiger partial charge in [-0.25, -0.2) is 0 Å². The average molecular weight is 925 g/mol. The summed E-state index contributed by atoms with van der Waals surface area (Å²) in [5.74, 6) is 0. The molecule has 0 aliphatic rings. The van der Waals surface area contributed by atoms with Crippen molar-refractivity contribution in [1.82, 2.24) is 9.13 Å². The van der Waals surface area contributed by atoms with E-state index >= 15 is 0 Å². The molecule has 0 saturated heterocycles. The fourth-order valence-corrected chi connectivity index (χ4v) is 13.8. The first-order valence-corrected chi connectivity index (χ1v) is 25.5. The molecule has 0 N–H and O–H groups in total. The van der Waals surface area contributed by atoms with Gasteiger partial charge in [0.1, 0.15) is 0 Å². The first-order chi connectivity index (χ1) is 34.7. The molecule has 0 aliphatic carbocycles. The Hall–Kier alpha value is -8.54. The third-order valence-corrected chi connectivity index (χ3v) is 16.8. The lowest BCUT2D eigenvalue weighted by molar-refractivity contribution is 1.19. The topological polar surface area (TPSA) is 9.86 Å². The molecule has 2 nitrogen and oxygen atoms in total. The predicted octanol–water partition coefficient (Wildman–Crippen LogP) is 19.3. The van der Waals surface area contributed by atoms with Crippen LogP contribution in [0.2, 0.25) is 0 Å². The van der Waals surface area contributed by atoms with Crippen molar-refractivity contribution in [3.63, 3.8) is 0 Å². The van der Waals surface area contributed by atoms with Crippen molar-refractivity contribution >= 4 is 107 Å². The standard InChI is InChI=1S/C66H40N2S2/c1-3-15-41(16-4-1)45-21-14-22-49(37-45)67-59-26-10-7-23-51(59)55-32-34-58-54-30-29-46(40-62(54)70-66(58)63(55)67)43-19-13-20-44(35-43)48-36-47(42-17-5-2-6-18-42)38-50(39-48)68-60-27-11-8-24-52(60)56-31-33-57-53-25-9-12-28-61(53)69-65(57)64(56)68/h1-40H. The van der Waals surface area contributed by atoms with Crippen molar-refractivity contribution in [2.24, 2.45) is 0 Å². The van der Waals surface area contributed by atoms with E-state index in [0.29, 0.717) is 0 Å². The molecule has 326 valence electrons. The minimum Gasteiger partial charge on any atom is -0.308 e. The van der Waals surface area contributed by atoms with Gasteiger partial charge in [0.15, 0.2) is 0 Å². The van der Waals surface area contributed by atoms with Gasteiger partial charge in [-0.15, -0.1) is 22.7 Å². The quantitative estimate of drug-likeness (QED) is 0.157. The highest BCUT2D eigenvalue weighted by atomic mass is 32.1. The van der Waals surface area contributed by atoms with Crippen molar-refractivity contribution in [1.29, 1.82) is 0 Å². The van der Waals surface area contributed by atoms with E-state index in [4.69, 9.17) is 0 Å². The van der Waals surface area contributed by atoms with Gasteiger partial charge in [-0.05, 0) is 105 Å². The van der Waals surface area contributed by atoms with Gasteiger partial charge in [0, 0.05) is 63.9 Å². The zero-order chi connectivity index (χ0) is 45.9. The van der Waals surface area contributed by atoms with Gasteiger partial charge in [0.05, 0.1) is 31.5 Å². The first kappa shape index (κ1) is 39.5. The normalized spacial score (nSPS) is 12.0. The molecule has 0 atom stereocenters. The van der Waals surface area contributed by atoms with Gasteiger partial charge < -0.3 is 9.13 Å². The summed E-state index contributed by atoms with van der Waals surface area (Å²) >= 11 is 3.80. The smallest absolute Gasteiger partial charge is 0.0719 e. The summed E-state index contributed by atoms with van der Waals surface area (Å²) in [7, 11) is 0. The van der Waals surface area contributed by atoms with Crippen molar-refractivity contribution < 1.29 is 0 Å². The monoisotopic (exact) mass is 924 g/mol. The molecular formula is C66H40N2S2. The number of rotatable bonds is 6. The Morgan fingerprint density at radius 1 is 0.229 bits per heavy atom. The summed E-state index contributed by atoms with van der Waals surface area (Å²) in [6, 6.07) is 89.8. The molecule has 0 fully saturated rings. The molecule has 0 amide bonds. The molecule has 4 heteroatoms. The van der Waals surface area contributed by atoms with Gasteiger partial charge in [-0.1, -0.05) is 182 Å². The van der Waals surface area contributed by atoms with E-state index in [9.17, 15) is 0 Å². The Morgan fingerprint density at radius 2 is 0.643 bits per heavy atom. The van der Waals surface area contributed by atoms with Crippen LogP contribution in [0, 0.1) is 0 Å². The SMILES string of the molecule is c1ccc(-c2cccc(-n3c4ccccc4c4ccc5c6ccc(-c7cccc(-c8cc(-c9ccccc9)cc(-n9c%10ccccc%10c%10ccc%11c%12ccccc%12sc%11c%109)c8)c7)cc6sc5c43)c2)cc1. The van der Waals surface area contributed by atoms with E-state index in [1.54, 1.807) is 0 Å². The van der Waals surface area contributed by atoms with Gasteiger partial charge in [0.25, 0.3) is 0 Å². The lowest BCUT2D eigenvalue weighted by atomic mass is 9.95. The maximum Gasteiger partial charge on any atom is 0.0719 e. The molecule has 11 aromatic carbocycles. The highest BCUT2D eigenvalue weighted by Crippen LogP contribution is 2.46. The summed E-state index contributed by atoms with van der Waals surface area (Å²) in [5.41, 5.74) is 16.9. The number of nitrogens with zero attached hydrogens (tertiary/aromatic N) is 2. The molecule has 4 aromatic heterocycles. The summed E-state index contributed by atoms with van der Waals surface area (Å²) in [6.07, 6.45) is 0. The number of aromatic nitrogens is 2. The van der Waals surface area contributed by atoms with E-state index in [1.807, 2.05) is 22.7 Å². The summed E-state index contributed by atoms with van der Waals surface area (Å²) in [6.45, 7) is 0. The van der Waals surface area contributed by atoms with E-state index in [1.165, 1.54) is 134 Å². The number of fused-ring (bicyclic) bond motifs is 14. The van der Waals surface area contributed by atoms with Crippen molar-refractivity contribution in [2.45, 2.75) is 0 Å². The second-order valence-electron chi connectivity index (χ2n) is 18.4. The molecule has 0 aliphatic heterocycles. The molecule has 70 heavy (non-hydrogen) atoms. The number of para-hydroxylation sites is 2. The second kappa shape index (κ2) is 15.5. The fraction of sp³-hybridized carbons (Fsp3) is 0. The second-order valence-corrected chi connectivity index (χ2v) is 20.5. The Labute approximate surface area is 411 Å². The van der Waals surface area contributed by atoms with Crippen LogP contribution in [-0.2, 0) is 0 Å². The Balaban J connectivity index is 0.895. The molecule has 4 heterocycles. The number of hydrogen-bond acceptors (Lipinski definition) is 2. The van der Waals surface area contributed by atoms with Gasteiger partial charge in [-0.3, -0.25) is 0 Å². The first-order valence-electron chi connectivity index (χ1n) is 23.9. The molecule has 15 aromatic rings. The average Bonchev–Trinajstić information content (AvgIpc) is 4.19. The Kier molecular flexibility index (Phi) is 8.73. The molecule has 0 spiro atoms. The van der Waals surface area contributed by atoms with Crippen molar-refractivity contribution in [3.8, 4) is 55.9 Å². The van der Waals surface area contributed by atoms with Crippen molar-refractivity contribution in [2.75, 3.05) is 0 Å². The van der Waals surface area contributed by atoms with E-state index in [2.05, 4.69) is 252 Å². The predicted molar refractivity (Wildman–Crippen MR) is 303 cm³/mol. The van der Waals surface area contributed by atoms with Crippen LogP contribution in [0.1, 0.15) is 0 Å². The molecular weight excluding hydrogens is 885 g/mol. The summed E-state index contributed by atoms with van der Waals surface area (Å²) < 4.78 is 10.2. The number of benzene rings is 11. The third kappa shape index (κ3) is 6.04. The van der Waals surface area contributed by atoms with Crippen LogP contribution in [0.5, 0.6) is 0 Å². The summed E-state index contributed by atoms with van der Waals surface area (Å²) in [5, 5.41) is 10.3. The summed E-state index contributed by atoms with van der Waals surface area (Å²) in [4.78, 5) is 0. The van der Waals surface area contributed by atoms with Gasteiger partial charge in [0.2, 0.25) is 0 Å². The zero-order valence-electron chi connectivity index (χ0n) is 37.8. The third-order valence-electron chi connectivity index (χ3n) is 14.5. The van der Waals surface area contributed by atoms with Crippen LogP contribution in [0.4, 0.5) is 0 Å². The molecule has 0 bridgehead atoms. The van der Waals surface area contributed by atoms with E-state index < -0.39 is 0 Å². The Bertz CT molecular complexity index is 4590. The van der Waals surface area contributed by atoms with Crippen LogP contribution in [0.25, 0.3) is 140 Å². The largest absolute Gasteiger partial charge is 0.308 e. The van der Waals surface area contributed by atoms with Crippen LogP contribution < -0.4 is 0 Å². The maximum absolute atomic E-state index is 2.52. The zero-order valence-corrected chi connectivity index (χ0v) is 39.4. The highest BCUT2D eigenvalue weighted by molar-refractivity contribution is 7.27. The minimum absolute atomic E-state index is 1.15. The number of thiophene rings is 2. The van der Waals surface area contributed by atoms with Crippen LogP contribution in [-0.4, -0.2) is 9.13 Å². The van der Waals surface area contributed by atoms with Crippen molar-refractivity contribution in [3.05, 3.63) is 243 Å². The fourth-order valence-electron chi connectivity index (χ4n) is 11.3.